The van der Waals surface area contributed by atoms with Crippen LogP contribution in [0.2, 0.25) is 0 Å². The van der Waals surface area contributed by atoms with Gasteiger partial charge in [-0.2, -0.15) is 0 Å². The molecular weight excluding hydrogens is 262 g/mol. The summed E-state index contributed by atoms with van der Waals surface area (Å²) in [5.41, 5.74) is 2.09. The lowest BCUT2D eigenvalue weighted by Crippen LogP contribution is -2.28. The van der Waals surface area contributed by atoms with Crippen molar-refractivity contribution >= 4 is 11.6 Å². The Bertz CT molecular complexity index is 441. The van der Waals surface area contributed by atoms with E-state index in [-0.39, 0.29) is 5.91 Å². The van der Waals surface area contributed by atoms with Crippen molar-refractivity contribution < 1.29 is 4.79 Å². The predicted octanol–water partition coefficient (Wildman–Crippen LogP) is 2.51. The van der Waals surface area contributed by atoms with Crippen molar-refractivity contribution in [1.82, 2.24) is 10.6 Å². The van der Waals surface area contributed by atoms with Gasteiger partial charge in [-0.3, -0.25) is 4.79 Å². The number of para-hydroxylation sites is 1. The van der Waals surface area contributed by atoms with Crippen LogP contribution >= 0.6 is 0 Å². The smallest absolute Gasteiger partial charge is 0.224 e. The molecule has 0 radical (unpaired) electrons. The zero-order chi connectivity index (χ0) is 14.9. The van der Waals surface area contributed by atoms with E-state index in [0.29, 0.717) is 12.3 Å². The quantitative estimate of drug-likeness (QED) is 0.723. The molecule has 1 fully saturated rings. The van der Waals surface area contributed by atoms with E-state index < -0.39 is 0 Å². The van der Waals surface area contributed by atoms with Crippen molar-refractivity contribution in [1.29, 1.82) is 0 Å². The fourth-order valence-electron chi connectivity index (χ4n) is 2.77. The summed E-state index contributed by atoms with van der Waals surface area (Å²) in [4.78, 5) is 12.1. The minimum Gasteiger partial charge on any atom is -0.326 e. The average Bonchev–Trinajstić information content (AvgIpc) is 2.53. The normalized spacial score (nSPS) is 15.9. The number of hydrogen-bond donors (Lipinski definition) is 3. The summed E-state index contributed by atoms with van der Waals surface area (Å²) in [5, 5.41) is 9.73. The zero-order valence-corrected chi connectivity index (χ0v) is 13.0. The number of hydrogen-bond acceptors (Lipinski definition) is 3. The van der Waals surface area contributed by atoms with Gasteiger partial charge >= 0.3 is 0 Å². The number of benzene rings is 1. The van der Waals surface area contributed by atoms with Gasteiger partial charge in [0.25, 0.3) is 0 Å². The molecule has 0 aliphatic carbocycles. The first-order valence-corrected chi connectivity index (χ1v) is 8.08. The maximum atomic E-state index is 12.1. The van der Waals surface area contributed by atoms with Crippen molar-refractivity contribution in [2.75, 3.05) is 25.0 Å². The number of nitrogens with one attached hydrogen (secondary N) is 3. The highest BCUT2D eigenvalue weighted by molar-refractivity contribution is 5.91. The number of anilines is 1. The molecule has 0 bridgehead atoms. The largest absolute Gasteiger partial charge is 0.326 e. The molecule has 1 saturated heterocycles. The van der Waals surface area contributed by atoms with Gasteiger partial charge in [-0.25, -0.2) is 0 Å². The van der Waals surface area contributed by atoms with Gasteiger partial charge in [0, 0.05) is 18.7 Å². The van der Waals surface area contributed by atoms with E-state index >= 15 is 0 Å². The van der Waals surface area contributed by atoms with Gasteiger partial charge in [0.05, 0.1) is 0 Å². The third kappa shape index (κ3) is 5.48. The zero-order valence-electron chi connectivity index (χ0n) is 13.0. The lowest BCUT2D eigenvalue weighted by atomic mass is 9.93. The van der Waals surface area contributed by atoms with E-state index in [1.807, 2.05) is 18.2 Å². The molecule has 1 aliphatic rings. The van der Waals surface area contributed by atoms with Crippen LogP contribution in [0.1, 0.15) is 38.2 Å². The first-order valence-electron chi connectivity index (χ1n) is 8.08. The monoisotopic (exact) mass is 289 g/mol. The van der Waals surface area contributed by atoms with Gasteiger partial charge in [-0.1, -0.05) is 25.1 Å². The molecule has 0 saturated carbocycles. The van der Waals surface area contributed by atoms with Crippen molar-refractivity contribution in [3.63, 3.8) is 0 Å². The van der Waals surface area contributed by atoms with Crippen LogP contribution in [0.15, 0.2) is 24.3 Å². The van der Waals surface area contributed by atoms with Gasteiger partial charge in [0.1, 0.15) is 0 Å². The highest BCUT2D eigenvalue weighted by Crippen LogP contribution is 2.19. The van der Waals surface area contributed by atoms with Crippen LogP contribution in [0.25, 0.3) is 0 Å². The minimum atomic E-state index is 0.137. The molecule has 116 valence electrons. The van der Waals surface area contributed by atoms with Crippen LogP contribution in [0.3, 0.4) is 0 Å². The van der Waals surface area contributed by atoms with Crippen molar-refractivity contribution in [3.05, 3.63) is 29.8 Å². The summed E-state index contributed by atoms with van der Waals surface area (Å²) in [7, 11) is 0. The molecule has 4 heteroatoms. The fraction of sp³-hybridized carbons (Fsp3) is 0.588. The van der Waals surface area contributed by atoms with E-state index in [4.69, 9.17) is 0 Å². The molecule has 3 N–H and O–H groups in total. The molecule has 1 aromatic carbocycles. The van der Waals surface area contributed by atoms with Gasteiger partial charge in [-0.15, -0.1) is 0 Å². The summed E-state index contributed by atoms with van der Waals surface area (Å²) >= 11 is 0. The fourth-order valence-corrected chi connectivity index (χ4v) is 2.77. The minimum absolute atomic E-state index is 0.137. The second-order valence-corrected chi connectivity index (χ2v) is 5.72. The molecule has 4 nitrogen and oxygen atoms in total. The second kappa shape index (κ2) is 8.80. The van der Waals surface area contributed by atoms with Gasteiger partial charge in [0.15, 0.2) is 0 Å². The van der Waals surface area contributed by atoms with Gasteiger partial charge in [0.2, 0.25) is 5.91 Å². The summed E-state index contributed by atoms with van der Waals surface area (Å²) < 4.78 is 0. The summed E-state index contributed by atoms with van der Waals surface area (Å²) in [6.07, 6.45) is 4.03. The highest BCUT2D eigenvalue weighted by atomic mass is 16.1. The molecule has 2 rings (SSSR count). The van der Waals surface area contributed by atoms with Crippen LogP contribution in [0.4, 0.5) is 5.69 Å². The topological polar surface area (TPSA) is 53.2 Å². The molecule has 1 heterocycles. The molecule has 0 atom stereocenters. The third-order valence-corrected chi connectivity index (χ3v) is 4.10. The molecular formula is C17H27N3O. The number of amides is 1. The van der Waals surface area contributed by atoms with Crippen LogP contribution in [0.5, 0.6) is 0 Å². The summed E-state index contributed by atoms with van der Waals surface area (Å²) in [6, 6.07) is 8.02. The Kier molecular flexibility index (Phi) is 6.70. The molecule has 0 spiro atoms. The van der Waals surface area contributed by atoms with E-state index in [0.717, 1.165) is 43.9 Å². The second-order valence-electron chi connectivity index (χ2n) is 5.72. The standard InChI is InChI=1S/C17H27N3O/c1-2-18-13-15-5-3-4-6-16(15)20-17(21)8-7-14-9-11-19-12-10-14/h3-6,14,18-19H,2,7-13H2,1H3,(H,20,21). The average molecular weight is 289 g/mol. The van der Waals surface area contributed by atoms with Crippen LogP contribution in [-0.2, 0) is 11.3 Å². The van der Waals surface area contributed by atoms with Crippen LogP contribution in [0, 0.1) is 5.92 Å². The first-order chi connectivity index (χ1) is 10.3. The lowest BCUT2D eigenvalue weighted by molar-refractivity contribution is -0.116. The van der Waals surface area contributed by atoms with Crippen molar-refractivity contribution in [2.24, 2.45) is 5.92 Å². The Hall–Kier alpha value is -1.39. The molecule has 21 heavy (non-hydrogen) atoms. The SMILES string of the molecule is CCNCc1ccccc1NC(=O)CCC1CCNCC1. The predicted molar refractivity (Wildman–Crippen MR) is 87.3 cm³/mol. The first kappa shape index (κ1) is 16.0. The highest BCUT2D eigenvalue weighted by Gasteiger charge is 2.15. The Balaban J connectivity index is 1.81. The van der Waals surface area contributed by atoms with Crippen molar-refractivity contribution in [2.45, 2.75) is 39.2 Å². The number of rotatable bonds is 7. The summed E-state index contributed by atoms with van der Waals surface area (Å²) in [6.45, 7) is 6.00. The molecule has 0 unspecified atom stereocenters. The number of carbonyl (C=O) groups excluding carboxylic acids is 1. The van der Waals surface area contributed by atoms with Gasteiger partial charge in [-0.05, 0) is 56.4 Å². The lowest BCUT2D eigenvalue weighted by Gasteiger charge is -2.22. The van der Waals surface area contributed by atoms with Crippen LogP contribution in [-0.4, -0.2) is 25.5 Å². The van der Waals surface area contributed by atoms with E-state index in [9.17, 15) is 4.79 Å². The summed E-state index contributed by atoms with van der Waals surface area (Å²) in [5.74, 6) is 0.839. The molecule has 1 aromatic rings. The number of carbonyl (C=O) groups is 1. The Morgan fingerprint density at radius 3 is 2.81 bits per heavy atom. The third-order valence-electron chi connectivity index (χ3n) is 4.10. The van der Waals surface area contributed by atoms with E-state index in [1.54, 1.807) is 0 Å². The molecule has 1 amide bonds. The maximum Gasteiger partial charge on any atom is 0.224 e. The molecule has 1 aliphatic heterocycles. The van der Waals surface area contributed by atoms with Crippen LogP contribution < -0.4 is 16.0 Å². The Morgan fingerprint density at radius 2 is 2.05 bits per heavy atom. The molecule has 0 aromatic heterocycles. The van der Waals surface area contributed by atoms with E-state index in [1.165, 1.54) is 12.8 Å². The Morgan fingerprint density at radius 1 is 1.29 bits per heavy atom. The van der Waals surface area contributed by atoms with Gasteiger partial charge < -0.3 is 16.0 Å². The Labute approximate surface area is 127 Å². The number of piperidine rings is 1. The van der Waals surface area contributed by atoms with E-state index in [2.05, 4.69) is 28.9 Å². The van der Waals surface area contributed by atoms with Crippen molar-refractivity contribution in [3.8, 4) is 0 Å². The maximum absolute atomic E-state index is 12.1.